The van der Waals surface area contributed by atoms with E-state index in [2.05, 4.69) is 0 Å². The van der Waals surface area contributed by atoms with Crippen molar-refractivity contribution in [2.45, 2.75) is 6.92 Å². The van der Waals surface area contributed by atoms with Crippen LogP contribution in [0.5, 0.6) is 11.5 Å². The second-order valence-corrected chi connectivity index (χ2v) is 4.71. The lowest BCUT2D eigenvalue weighted by Gasteiger charge is -2.26. The Labute approximate surface area is 124 Å². The zero-order valence-electron chi connectivity index (χ0n) is 12.3. The monoisotopic (exact) mass is 292 g/mol. The van der Waals surface area contributed by atoms with Gasteiger partial charge in [-0.15, -0.1) is 0 Å². The molecule has 0 saturated carbocycles. The van der Waals surface area contributed by atoms with Crippen LogP contribution in [0.4, 0.5) is 0 Å². The molecule has 1 aliphatic heterocycles. The van der Waals surface area contributed by atoms with Crippen LogP contribution < -0.4 is 9.47 Å². The van der Waals surface area contributed by atoms with Gasteiger partial charge in [0.05, 0.1) is 33.5 Å². The van der Waals surface area contributed by atoms with Gasteiger partial charge in [-0.05, 0) is 30.7 Å². The number of rotatable bonds is 7. The molecule has 0 spiro atoms. The molecule has 5 heteroatoms. The Bertz CT molecular complexity index is 505. The van der Waals surface area contributed by atoms with Gasteiger partial charge >= 0.3 is 5.97 Å². The van der Waals surface area contributed by atoms with Crippen LogP contribution in [0.25, 0.3) is 6.08 Å². The number of carbonyl (C=O) groups excluding carboxylic acids is 1. The molecule has 1 fully saturated rings. The van der Waals surface area contributed by atoms with Crippen LogP contribution in [0.2, 0.25) is 0 Å². The van der Waals surface area contributed by atoms with Gasteiger partial charge in [0.1, 0.15) is 0 Å². The van der Waals surface area contributed by atoms with E-state index >= 15 is 0 Å². The third-order valence-electron chi connectivity index (χ3n) is 3.07. The van der Waals surface area contributed by atoms with Gasteiger partial charge < -0.3 is 18.9 Å². The highest BCUT2D eigenvalue weighted by molar-refractivity contribution is 5.87. The number of benzene rings is 1. The third kappa shape index (κ3) is 4.49. The lowest BCUT2D eigenvalue weighted by molar-refractivity contribution is -0.137. The van der Waals surface area contributed by atoms with Gasteiger partial charge in [-0.3, -0.25) is 0 Å². The molecule has 0 bridgehead atoms. The van der Waals surface area contributed by atoms with E-state index < -0.39 is 0 Å². The van der Waals surface area contributed by atoms with Crippen LogP contribution >= 0.6 is 0 Å². The van der Waals surface area contributed by atoms with E-state index in [1.807, 2.05) is 18.2 Å². The number of hydrogen-bond donors (Lipinski definition) is 0. The highest BCUT2D eigenvalue weighted by Crippen LogP contribution is 2.29. The van der Waals surface area contributed by atoms with Crippen molar-refractivity contribution in [3.63, 3.8) is 0 Å². The van der Waals surface area contributed by atoms with Crippen LogP contribution in [0.3, 0.4) is 0 Å². The summed E-state index contributed by atoms with van der Waals surface area (Å²) in [6.45, 7) is 4.26. The van der Waals surface area contributed by atoms with Crippen molar-refractivity contribution >= 4 is 12.0 Å². The number of esters is 1. The summed E-state index contributed by atoms with van der Waals surface area (Å²) in [5.41, 5.74) is 0.847. The van der Waals surface area contributed by atoms with Gasteiger partial charge in [-0.2, -0.15) is 0 Å². The first-order valence-corrected chi connectivity index (χ1v) is 6.96. The Morgan fingerprint density at radius 3 is 2.81 bits per heavy atom. The molecule has 0 N–H and O–H groups in total. The first-order chi connectivity index (χ1) is 10.2. The van der Waals surface area contributed by atoms with Crippen molar-refractivity contribution in [3.8, 4) is 11.5 Å². The normalized spacial score (nSPS) is 14.8. The van der Waals surface area contributed by atoms with Gasteiger partial charge in [-0.25, -0.2) is 4.79 Å². The largest absolute Gasteiger partial charge is 0.493 e. The van der Waals surface area contributed by atoms with Crippen LogP contribution in [-0.2, 0) is 14.3 Å². The molecule has 1 heterocycles. The summed E-state index contributed by atoms with van der Waals surface area (Å²) >= 11 is 0. The van der Waals surface area contributed by atoms with E-state index in [9.17, 15) is 4.79 Å². The van der Waals surface area contributed by atoms with Crippen molar-refractivity contribution in [2.24, 2.45) is 5.92 Å². The van der Waals surface area contributed by atoms with Crippen LogP contribution in [-0.4, -0.2) is 39.5 Å². The maximum atomic E-state index is 11.3. The third-order valence-corrected chi connectivity index (χ3v) is 3.07. The SMILES string of the molecule is CCOC(=O)/C=C/c1ccc(OCC2COC2)c(OC)c1. The maximum absolute atomic E-state index is 11.3. The Kier molecular flexibility index (Phi) is 5.63. The zero-order chi connectivity index (χ0) is 15.1. The predicted octanol–water partition coefficient (Wildman–Crippen LogP) is 2.30. The van der Waals surface area contributed by atoms with Gasteiger partial charge in [0.2, 0.25) is 0 Å². The number of carbonyl (C=O) groups is 1. The molecule has 1 saturated heterocycles. The highest BCUT2D eigenvalue weighted by Gasteiger charge is 2.19. The molecule has 2 rings (SSSR count). The molecule has 5 nitrogen and oxygen atoms in total. The Balaban J connectivity index is 1.99. The molecule has 1 aromatic carbocycles. The first kappa shape index (κ1) is 15.4. The summed E-state index contributed by atoms with van der Waals surface area (Å²) < 4.78 is 21.0. The lowest BCUT2D eigenvalue weighted by Crippen LogP contribution is -2.32. The molecule has 21 heavy (non-hydrogen) atoms. The minimum atomic E-state index is -0.359. The van der Waals surface area contributed by atoms with Crippen molar-refractivity contribution in [2.75, 3.05) is 33.5 Å². The molecule has 0 aromatic heterocycles. The van der Waals surface area contributed by atoms with Crippen LogP contribution in [0.15, 0.2) is 24.3 Å². The molecular formula is C16H20O5. The van der Waals surface area contributed by atoms with Crippen molar-refractivity contribution in [3.05, 3.63) is 29.8 Å². The van der Waals surface area contributed by atoms with E-state index in [-0.39, 0.29) is 5.97 Å². The Morgan fingerprint density at radius 2 is 2.19 bits per heavy atom. The molecule has 114 valence electrons. The summed E-state index contributed by atoms with van der Waals surface area (Å²) in [6, 6.07) is 5.52. The average molecular weight is 292 g/mol. The van der Waals surface area contributed by atoms with E-state index in [0.717, 1.165) is 18.8 Å². The summed E-state index contributed by atoms with van der Waals surface area (Å²) in [5, 5.41) is 0. The van der Waals surface area contributed by atoms with E-state index in [4.69, 9.17) is 18.9 Å². The molecule has 0 amide bonds. The number of ether oxygens (including phenoxy) is 4. The van der Waals surface area contributed by atoms with E-state index in [0.29, 0.717) is 30.6 Å². The Hall–Kier alpha value is -2.01. The topological polar surface area (TPSA) is 54.0 Å². The molecule has 0 unspecified atom stereocenters. The lowest BCUT2D eigenvalue weighted by atomic mass is 10.1. The molecule has 1 aromatic rings. The smallest absolute Gasteiger partial charge is 0.330 e. The summed E-state index contributed by atoms with van der Waals surface area (Å²) in [6.07, 6.45) is 3.08. The maximum Gasteiger partial charge on any atom is 0.330 e. The molecule has 1 aliphatic rings. The molecule has 0 aliphatic carbocycles. The second-order valence-electron chi connectivity index (χ2n) is 4.71. The summed E-state index contributed by atoms with van der Waals surface area (Å²) in [5.74, 6) is 1.43. The van der Waals surface area contributed by atoms with Crippen LogP contribution in [0.1, 0.15) is 12.5 Å². The zero-order valence-corrected chi connectivity index (χ0v) is 12.3. The van der Waals surface area contributed by atoms with E-state index in [1.54, 1.807) is 20.1 Å². The van der Waals surface area contributed by atoms with Gasteiger partial charge in [-0.1, -0.05) is 6.07 Å². The Morgan fingerprint density at radius 1 is 1.38 bits per heavy atom. The first-order valence-electron chi connectivity index (χ1n) is 6.96. The van der Waals surface area contributed by atoms with Crippen molar-refractivity contribution < 1.29 is 23.7 Å². The van der Waals surface area contributed by atoms with Crippen molar-refractivity contribution in [1.82, 2.24) is 0 Å². The quantitative estimate of drug-likeness (QED) is 0.570. The predicted molar refractivity (Wildman–Crippen MR) is 78.5 cm³/mol. The fourth-order valence-corrected chi connectivity index (χ4v) is 1.85. The molecule has 0 atom stereocenters. The number of hydrogen-bond acceptors (Lipinski definition) is 5. The van der Waals surface area contributed by atoms with Gasteiger partial charge in [0.15, 0.2) is 11.5 Å². The van der Waals surface area contributed by atoms with Crippen molar-refractivity contribution in [1.29, 1.82) is 0 Å². The number of methoxy groups -OCH3 is 1. The average Bonchev–Trinajstić information content (AvgIpc) is 2.44. The minimum absolute atomic E-state index is 0.359. The minimum Gasteiger partial charge on any atom is -0.493 e. The second kappa shape index (κ2) is 7.69. The van der Waals surface area contributed by atoms with Gasteiger partial charge in [0.25, 0.3) is 0 Å². The standard InChI is InChI=1S/C16H20O5/c1-3-20-16(17)7-5-12-4-6-14(15(8-12)18-2)21-11-13-9-19-10-13/h4-8,13H,3,9-11H2,1-2H3/b7-5+. The fraction of sp³-hybridized carbons (Fsp3) is 0.438. The fourth-order valence-electron chi connectivity index (χ4n) is 1.85. The van der Waals surface area contributed by atoms with Gasteiger partial charge in [0, 0.05) is 12.0 Å². The highest BCUT2D eigenvalue weighted by atomic mass is 16.5. The van der Waals surface area contributed by atoms with E-state index in [1.165, 1.54) is 6.08 Å². The summed E-state index contributed by atoms with van der Waals surface area (Å²) in [4.78, 5) is 11.3. The summed E-state index contributed by atoms with van der Waals surface area (Å²) in [7, 11) is 1.59. The molecule has 0 radical (unpaired) electrons. The van der Waals surface area contributed by atoms with Crippen LogP contribution in [0, 0.1) is 5.92 Å². The molecular weight excluding hydrogens is 272 g/mol.